The van der Waals surface area contributed by atoms with Crippen molar-refractivity contribution in [2.75, 3.05) is 13.2 Å². The lowest BCUT2D eigenvalue weighted by Gasteiger charge is -2.42. The Morgan fingerprint density at radius 3 is 2.53 bits per heavy atom. The van der Waals surface area contributed by atoms with E-state index >= 15 is 0 Å². The smallest absolute Gasteiger partial charge is 0.139 e. The fourth-order valence-corrected chi connectivity index (χ4v) is 4.33. The Labute approximate surface area is 103 Å². The van der Waals surface area contributed by atoms with Crippen molar-refractivity contribution in [3.63, 3.8) is 0 Å². The quantitative estimate of drug-likeness (QED) is 0.785. The molecule has 2 fully saturated rings. The summed E-state index contributed by atoms with van der Waals surface area (Å²) in [5.41, 5.74) is 0. The van der Waals surface area contributed by atoms with Gasteiger partial charge in [-0.05, 0) is 42.9 Å². The Morgan fingerprint density at radius 1 is 1.24 bits per heavy atom. The second-order valence-electron chi connectivity index (χ2n) is 6.04. The summed E-state index contributed by atoms with van der Waals surface area (Å²) >= 11 is 0. The van der Waals surface area contributed by atoms with Crippen LogP contribution in [0.1, 0.15) is 33.1 Å². The van der Waals surface area contributed by atoms with Crippen molar-refractivity contribution in [1.29, 1.82) is 0 Å². The summed E-state index contributed by atoms with van der Waals surface area (Å²) in [5.74, 6) is 2.16. The van der Waals surface area contributed by atoms with Gasteiger partial charge in [0.2, 0.25) is 0 Å². The SMILES string of the molecule is CC1C(CCO)C(CO)CC2C[C@H](C)C(=O)C21. The molecule has 2 aliphatic rings. The molecule has 3 nitrogen and oxygen atoms in total. The predicted molar refractivity (Wildman–Crippen MR) is 65.3 cm³/mol. The molecule has 0 heterocycles. The molecule has 98 valence electrons. The van der Waals surface area contributed by atoms with E-state index in [1.807, 2.05) is 6.92 Å². The van der Waals surface area contributed by atoms with Crippen LogP contribution in [0.25, 0.3) is 0 Å². The Balaban J connectivity index is 2.18. The second-order valence-corrected chi connectivity index (χ2v) is 6.04. The zero-order chi connectivity index (χ0) is 12.6. The number of Topliss-reactive ketones (excluding diaryl/α,β-unsaturated/α-hetero) is 1. The first kappa shape index (κ1) is 13.0. The molecule has 0 bridgehead atoms. The van der Waals surface area contributed by atoms with E-state index in [4.69, 9.17) is 5.11 Å². The predicted octanol–water partition coefficient (Wildman–Crippen LogP) is 1.47. The van der Waals surface area contributed by atoms with Crippen molar-refractivity contribution in [3.05, 3.63) is 0 Å². The molecule has 0 aliphatic heterocycles. The van der Waals surface area contributed by atoms with Crippen LogP contribution in [0.5, 0.6) is 0 Å². The highest BCUT2D eigenvalue weighted by atomic mass is 16.3. The van der Waals surface area contributed by atoms with Gasteiger partial charge in [0, 0.05) is 25.0 Å². The van der Waals surface area contributed by atoms with Crippen LogP contribution in [0.15, 0.2) is 0 Å². The van der Waals surface area contributed by atoms with E-state index in [2.05, 4.69) is 6.92 Å². The summed E-state index contributed by atoms with van der Waals surface area (Å²) in [7, 11) is 0. The molecule has 0 saturated heterocycles. The van der Waals surface area contributed by atoms with Gasteiger partial charge in [0.05, 0.1) is 0 Å². The number of ketones is 1. The summed E-state index contributed by atoms with van der Waals surface area (Å²) < 4.78 is 0. The average molecular weight is 240 g/mol. The molecular weight excluding hydrogens is 216 g/mol. The van der Waals surface area contributed by atoms with Crippen LogP contribution in [-0.4, -0.2) is 29.2 Å². The van der Waals surface area contributed by atoms with E-state index in [-0.39, 0.29) is 31.0 Å². The van der Waals surface area contributed by atoms with Gasteiger partial charge < -0.3 is 10.2 Å². The molecule has 17 heavy (non-hydrogen) atoms. The number of hydrogen-bond acceptors (Lipinski definition) is 3. The normalized spacial score (nSPS) is 46.0. The molecule has 6 atom stereocenters. The maximum atomic E-state index is 12.2. The first-order chi connectivity index (χ1) is 8.10. The fraction of sp³-hybridized carbons (Fsp3) is 0.929. The number of hydrogen-bond donors (Lipinski definition) is 2. The molecule has 0 aromatic heterocycles. The fourth-order valence-electron chi connectivity index (χ4n) is 4.33. The highest BCUT2D eigenvalue weighted by Gasteiger charge is 2.50. The van der Waals surface area contributed by atoms with Crippen LogP contribution < -0.4 is 0 Å². The monoisotopic (exact) mass is 240 g/mol. The minimum atomic E-state index is 0.159. The van der Waals surface area contributed by atoms with Gasteiger partial charge in [-0.1, -0.05) is 13.8 Å². The van der Waals surface area contributed by atoms with E-state index in [0.29, 0.717) is 23.5 Å². The van der Waals surface area contributed by atoms with Crippen molar-refractivity contribution in [2.24, 2.45) is 35.5 Å². The van der Waals surface area contributed by atoms with E-state index in [1.165, 1.54) is 0 Å². The summed E-state index contributed by atoms with van der Waals surface area (Å²) in [6.45, 7) is 4.52. The molecule has 2 saturated carbocycles. The molecule has 0 amide bonds. The Bertz CT molecular complexity index is 289. The number of fused-ring (bicyclic) bond motifs is 1. The van der Waals surface area contributed by atoms with Gasteiger partial charge in [0.25, 0.3) is 0 Å². The summed E-state index contributed by atoms with van der Waals surface area (Å²) in [6, 6.07) is 0. The van der Waals surface area contributed by atoms with Crippen LogP contribution in [-0.2, 0) is 4.79 Å². The lowest BCUT2D eigenvalue weighted by atomic mass is 9.62. The van der Waals surface area contributed by atoms with Crippen LogP contribution >= 0.6 is 0 Å². The first-order valence-electron chi connectivity index (χ1n) is 6.85. The minimum Gasteiger partial charge on any atom is -0.396 e. The van der Waals surface area contributed by atoms with Gasteiger partial charge in [0.1, 0.15) is 5.78 Å². The number of carbonyl (C=O) groups excluding carboxylic acids is 1. The van der Waals surface area contributed by atoms with Gasteiger partial charge in [-0.25, -0.2) is 0 Å². The van der Waals surface area contributed by atoms with Gasteiger partial charge in [0.15, 0.2) is 0 Å². The van der Waals surface area contributed by atoms with Gasteiger partial charge >= 0.3 is 0 Å². The van der Waals surface area contributed by atoms with Crippen molar-refractivity contribution < 1.29 is 15.0 Å². The molecule has 0 aromatic rings. The molecule has 0 radical (unpaired) electrons. The van der Waals surface area contributed by atoms with Gasteiger partial charge in [-0.15, -0.1) is 0 Å². The molecule has 2 N–H and O–H groups in total. The highest BCUT2D eigenvalue weighted by molar-refractivity contribution is 5.86. The number of carbonyl (C=O) groups is 1. The van der Waals surface area contributed by atoms with Crippen LogP contribution in [0.3, 0.4) is 0 Å². The average Bonchev–Trinajstić information content (AvgIpc) is 2.59. The van der Waals surface area contributed by atoms with Crippen molar-refractivity contribution in [1.82, 2.24) is 0 Å². The highest BCUT2D eigenvalue weighted by Crippen LogP contribution is 2.50. The standard InChI is InChI=1S/C14H24O3/c1-8-5-10-6-11(7-16)12(3-4-15)9(2)13(10)14(8)17/h8-13,15-16H,3-7H2,1-2H3/t8-,9?,10?,11?,12?,13?/m0/s1. The summed E-state index contributed by atoms with van der Waals surface area (Å²) in [6.07, 6.45) is 2.68. The third-order valence-corrected chi connectivity index (χ3v) is 5.13. The van der Waals surface area contributed by atoms with Crippen molar-refractivity contribution in [3.8, 4) is 0 Å². The largest absolute Gasteiger partial charge is 0.396 e. The third kappa shape index (κ3) is 2.15. The van der Waals surface area contributed by atoms with E-state index in [0.717, 1.165) is 19.3 Å². The van der Waals surface area contributed by atoms with E-state index in [9.17, 15) is 9.90 Å². The lowest BCUT2D eigenvalue weighted by Crippen LogP contribution is -2.41. The van der Waals surface area contributed by atoms with Gasteiger partial charge in [-0.2, -0.15) is 0 Å². The Morgan fingerprint density at radius 2 is 1.94 bits per heavy atom. The van der Waals surface area contributed by atoms with Crippen LogP contribution in [0.2, 0.25) is 0 Å². The zero-order valence-electron chi connectivity index (χ0n) is 10.8. The molecule has 5 unspecified atom stereocenters. The third-order valence-electron chi connectivity index (χ3n) is 5.13. The van der Waals surface area contributed by atoms with Crippen LogP contribution in [0.4, 0.5) is 0 Å². The lowest BCUT2D eigenvalue weighted by molar-refractivity contribution is -0.128. The van der Waals surface area contributed by atoms with Crippen LogP contribution in [0, 0.1) is 35.5 Å². The van der Waals surface area contributed by atoms with Gasteiger partial charge in [-0.3, -0.25) is 4.79 Å². The number of aliphatic hydroxyl groups excluding tert-OH is 2. The summed E-state index contributed by atoms with van der Waals surface area (Å²) in [5, 5.41) is 18.6. The maximum absolute atomic E-state index is 12.2. The molecule has 0 aromatic carbocycles. The topological polar surface area (TPSA) is 57.5 Å². The second kappa shape index (κ2) is 5.07. The van der Waals surface area contributed by atoms with Crippen molar-refractivity contribution >= 4 is 5.78 Å². The number of aliphatic hydroxyl groups is 2. The molecule has 2 aliphatic carbocycles. The summed E-state index contributed by atoms with van der Waals surface area (Å²) in [4.78, 5) is 12.2. The Hall–Kier alpha value is -0.410. The molecular formula is C14H24O3. The van der Waals surface area contributed by atoms with Crippen molar-refractivity contribution in [2.45, 2.75) is 33.1 Å². The van der Waals surface area contributed by atoms with E-state index in [1.54, 1.807) is 0 Å². The maximum Gasteiger partial charge on any atom is 0.139 e. The van der Waals surface area contributed by atoms with E-state index < -0.39 is 0 Å². The first-order valence-corrected chi connectivity index (χ1v) is 6.85. The minimum absolute atomic E-state index is 0.159. The Kier molecular flexibility index (Phi) is 3.88. The molecule has 3 heteroatoms. The number of rotatable bonds is 3. The zero-order valence-corrected chi connectivity index (χ0v) is 10.8. The molecule has 2 rings (SSSR count). The molecule has 0 spiro atoms.